The van der Waals surface area contributed by atoms with Crippen LogP contribution in [0.25, 0.3) is 0 Å². The molecule has 21 heavy (non-hydrogen) atoms. The van der Waals surface area contributed by atoms with Crippen LogP contribution >= 0.6 is 11.8 Å². The van der Waals surface area contributed by atoms with E-state index in [2.05, 4.69) is 4.98 Å². The topological polar surface area (TPSA) is 65.5 Å². The molecule has 1 aliphatic heterocycles. The Morgan fingerprint density at radius 3 is 3.14 bits per heavy atom. The summed E-state index contributed by atoms with van der Waals surface area (Å²) in [5.41, 5.74) is 0.480. The summed E-state index contributed by atoms with van der Waals surface area (Å²) in [5, 5.41) is 0.873. The number of ether oxygens (including phenoxy) is 2. The fraction of sp³-hybridized carbons (Fsp3) is 0.533. The van der Waals surface area contributed by atoms with Gasteiger partial charge in [-0.3, -0.25) is 4.79 Å². The van der Waals surface area contributed by atoms with E-state index in [1.807, 2.05) is 0 Å². The highest BCUT2D eigenvalue weighted by Gasteiger charge is 2.62. The van der Waals surface area contributed by atoms with Crippen LogP contribution < -0.4 is 0 Å². The molecule has 2 bridgehead atoms. The van der Waals surface area contributed by atoms with E-state index in [4.69, 9.17) is 9.47 Å². The average Bonchev–Trinajstić information content (AvgIpc) is 3.12. The van der Waals surface area contributed by atoms with Crippen LogP contribution in [0.1, 0.15) is 23.2 Å². The Kier molecular flexibility index (Phi) is 2.96. The monoisotopic (exact) mass is 305 g/mol. The maximum atomic E-state index is 11.8. The first-order valence-corrected chi connectivity index (χ1v) is 7.97. The van der Waals surface area contributed by atoms with Gasteiger partial charge >= 0.3 is 11.9 Å². The summed E-state index contributed by atoms with van der Waals surface area (Å²) in [6.07, 6.45) is 3.63. The number of hydrogen-bond donors (Lipinski definition) is 0. The maximum absolute atomic E-state index is 11.8. The number of methoxy groups -OCH3 is 1. The Morgan fingerprint density at radius 2 is 2.33 bits per heavy atom. The average molecular weight is 305 g/mol. The Labute approximate surface area is 126 Å². The molecule has 3 aliphatic rings. The quantitative estimate of drug-likeness (QED) is 0.795. The van der Waals surface area contributed by atoms with Gasteiger partial charge in [0.1, 0.15) is 11.1 Å². The molecule has 1 aromatic heterocycles. The number of aromatic nitrogens is 1. The van der Waals surface area contributed by atoms with Crippen LogP contribution in [-0.2, 0) is 14.3 Å². The molecule has 2 aliphatic carbocycles. The molecular formula is C15H15NO4S. The molecule has 6 heteroatoms. The molecule has 110 valence electrons. The van der Waals surface area contributed by atoms with Gasteiger partial charge in [-0.25, -0.2) is 9.78 Å². The number of nitrogens with zero attached hydrogens (tertiary/aromatic N) is 1. The zero-order valence-corrected chi connectivity index (χ0v) is 12.3. The highest BCUT2D eigenvalue weighted by molar-refractivity contribution is 8.00. The van der Waals surface area contributed by atoms with Crippen molar-refractivity contribution in [3.63, 3.8) is 0 Å². The molecule has 0 radical (unpaired) electrons. The van der Waals surface area contributed by atoms with Crippen molar-refractivity contribution in [3.8, 4) is 0 Å². The van der Waals surface area contributed by atoms with Gasteiger partial charge in [0, 0.05) is 12.1 Å². The molecule has 0 amide bonds. The zero-order valence-electron chi connectivity index (χ0n) is 11.5. The van der Waals surface area contributed by atoms with E-state index in [-0.39, 0.29) is 29.2 Å². The number of thioether (sulfide) groups is 1. The van der Waals surface area contributed by atoms with Crippen molar-refractivity contribution >= 4 is 23.7 Å². The van der Waals surface area contributed by atoms with Crippen molar-refractivity contribution in [2.75, 3.05) is 7.11 Å². The van der Waals surface area contributed by atoms with Gasteiger partial charge in [-0.15, -0.1) is 0 Å². The van der Waals surface area contributed by atoms with Gasteiger partial charge in [0.05, 0.1) is 23.8 Å². The normalized spacial score (nSPS) is 35.9. The van der Waals surface area contributed by atoms with Gasteiger partial charge in [0.2, 0.25) is 0 Å². The fourth-order valence-corrected chi connectivity index (χ4v) is 5.41. The zero-order chi connectivity index (χ0) is 14.6. The Balaban J connectivity index is 1.61. The summed E-state index contributed by atoms with van der Waals surface area (Å²) in [7, 11) is 1.37. The number of fused-ring (bicyclic) bond motifs is 1. The van der Waals surface area contributed by atoms with Crippen LogP contribution in [0.5, 0.6) is 0 Å². The number of carbonyl (C=O) groups excluding carboxylic acids is 2. The summed E-state index contributed by atoms with van der Waals surface area (Å²) >= 11 is 1.56. The lowest BCUT2D eigenvalue weighted by atomic mass is 9.89. The summed E-state index contributed by atoms with van der Waals surface area (Å²) in [6.45, 7) is 0. The molecule has 0 spiro atoms. The first-order valence-electron chi connectivity index (χ1n) is 7.09. The van der Waals surface area contributed by atoms with Gasteiger partial charge in [0.25, 0.3) is 0 Å². The lowest BCUT2D eigenvalue weighted by molar-refractivity contribution is -0.143. The Morgan fingerprint density at radius 1 is 1.48 bits per heavy atom. The molecule has 0 aromatic carbocycles. The molecular weight excluding hydrogens is 290 g/mol. The molecule has 4 rings (SSSR count). The van der Waals surface area contributed by atoms with E-state index in [1.165, 1.54) is 7.11 Å². The van der Waals surface area contributed by atoms with E-state index in [1.54, 1.807) is 30.1 Å². The van der Waals surface area contributed by atoms with Crippen LogP contribution in [0.15, 0.2) is 23.4 Å². The van der Waals surface area contributed by atoms with Crippen molar-refractivity contribution in [2.45, 2.75) is 29.2 Å². The molecule has 3 fully saturated rings. The molecule has 1 aromatic rings. The Hall–Kier alpha value is -1.56. The second kappa shape index (κ2) is 4.73. The third-order valence-corrected chi connectivity index (χ3v) is 6.31. The third kappa shape index (κ3) is 1.88. The molecule has 5 atom stereocenters. The lowest BCUT2D eigenvalue weighted by Crippen LogP contribution is -2.29. The van der Waals surface area contributed by atoms with E-state index in [9.17, 15) is 9.59 Å². The van der Waals surface area contributed by atoms with Crippen LogP contribution in [0.4, 0.5) is 0 Å². The maximum Gasteiger partial charge on any atom is 0.340 e. The largest absolute Gasteiger partial charge is 0.465 e. The van der Waals surface area contributed by atoms with Gasteiger partial charge in [-0.05, 0) is 30.9 Å². The van der Waals surface area contributed by atoms with Gasteiger partial charge in [-0.1, -0.05) is 11.8 Å². The summed E-state index contributed by atoms with van der Waals surface area (Å²) in [5.74, 6) is 0.541. The van der Waals surface area contributed by atoms with E-state index in [0.29, 0.717) is 22.4 Å². The van der Waals surface area contributed by atoms with Crippen LogP contribution in [0, 0.1) is 17.8 Å². The Bertz CT molecular complexity index is 619. The second-order valence-corrected chi connectivity index (χ2v) is 7.00. The number of hydrogen-bond acceptors (Lipinski definition) is 6. The number of pyridine rings is 1. The molecule has 5 nitrogen and oxygen atoms in total. The highest BCUT2D eigenvalue weighted by atomic mass is 32.2. The van der Waals surface area contributed by atoms with Crippen molar-refractivity contribution in [2.24, 2.45) is 17.8 Å². The lowest BCUT2D eigenvalue weighted by Gasteiger charge is -2.24. The number of rotatable bonds is 3. The van der Waals surface area contributed by atoms with Gasteiger partial charge in [-0.2, -0.15) is 0 Å². The van der Waals surface area contributed by atoms with Crippen molar-refractivity contribution in [3.05, 3.63) is 23.9 Å². The smallest absolute Gasteiger partial charge is 0.340 e. The predicted molar refractivity (Wildman–Crippen MR) is 74.8 cm³/mol. The standard InChI is InChI=1S/C15H15NO4S/c1-19-14(17)8-3-2-4-16-13(8)21-12-7-5-9-10(6-7)15(18)20-11(9)12/h2-4,7,9-12H,5-6H2,1H3/t7-,9+,10-,11+,12-/m1/s1. The number of esters is 2. The molecule has 1 saturated heterocycles. The van der Waals surface area contributed by atoms with Crippen LogP contribution in [0.2, 0.25) is 0 Å². The minimum absolute atomic E-state index is 0.0150. The minimum Gasteiger partial charge on any atom is -0.465 e. The fourth-order valence-electron chi connectivity index (χ4n) is 3.94. The summed E-state index contributed by atoms with van der Waals surface area (Å²) in [6, 6.07) is 3.45. The molecule has 0 unspecified atom stereocenters. The SMILES string of the molecule is COC(=O)c1cccnc1S[C@@H]1[C@@H]2C[C@@H]3[C@@H]1OC(=O)[C@@H]3C2. The highest BCUT2D eigenvalue weighted by Crippen LogP contribution is 2.58. The van der Waals surface area contributed by atoms with Crippen LogP contribution in [-0.4, -0.2) is 35.4 Å². The van der Waals surface area contributed by atoms with Gasteiger partial charge < -0.3 is 9.47 Å². The summed E-state index contributed by atoms with van der Waals surface area (Å²) in [4.78, 5) is 27.9. The molecule has 0 N–H and O–H groups in total. The number of carbonyl (C=O) groups is 2. The summed E-state index contributed by atoms with van der Waals surface area (Å²) < 4.78 is 10.4. The first kappa shape index (κ1) is 13.1. The van der Waals surface area contributed by atoms with Crippen molar-refractivity contribution in [1.29, 1.82) is 0 Å². The predicted octanol–water partition coefficient (Wildman–Crippen LogP) is 1.91. The van der Waals surface area contributed by atoms with Crippen molar-refractivity contribution in [1.82, 2.24) is 4.98 Å². The molecule has 2 heterocycles. The van der Waals surface area contributed by atoms with E-state index >= 15 is 0 Å². The first-order chi connectivity index (χ1) is 10.2. The van der Waals surface area contributed by atoms with Crippen molar-refractivity contribution < 1.29 is 19.1 Å². The van der Waals surface area contributed by atoms with E-state index < -0.39 is 0 Å². The van der Waals surface area contributed by atoms with Crippen LogP contribution in [0.3, 0.4) is 0 Å². The minimum atomic E-state index is -0.380. The van der Waals surface area contributed by atoms with Gasteiger partial charge in [0.15, 0.2) is 0 Å². The second-order valence-electron chi connectivity index (χ2n) is 5.83. The van der Waals surface area contributed by atoms with E-state index in [0.717, 1.165) is 12.8 Å². The molecule has 2 saturated carbocycles. The third-order valence-electron chi connectivity index (χ3n) is 4.84.